The van der Waals surface area contributed by atoms with Crippen LogP contribution in [0, 0.1) is 0 Å². The van der Waals surface area contributed by atoms with E-state index >= 15 is 0 Å². The molecule has 1 aromatic carbocycles. The lowest BCUT2D eigenvalue weighted by Gasteiger charge is -2.29. The van der Waals surface area contributed by atoms with Crippen LogP contribution < -0.4 is 20.7 Å². The molecule has 5 amide bonds. The SMILES string of the molecule is O=C(COI)NCCCCNC(=O)COc1cccc2c1CN(C1CCC(=O)NC1=O)C2=O. The van der Waals surface area contributed by atoms with Crippen molar-refractivity contribution >= 4 is 52.5 Å². The molecule has 178 valence electrons. The van der Waals surface area contributed by atoms with Crippen LogP contribution in [-0.2, 0) is 28.8 Å². The second-order valence-electron chi connectivity index (χ2n) is 7.63. The van der Waals surface area contributed by atoms with Gasteiger partial charge in [0.05, 0.1) is 6.54 Å². The van der Waals surface area contributed by atoms with E-state index in [-0.39, 0.29) is 56.2 Å². The number of hydrogen-bond acceptors (Lipinski definition) is 7. The average molecular weight is 572 g/mol. The minimum Gasteiger partial charge on any atom is -0.483 e. The number of unbranched alkanes of at least 4 members (excludes halogenated alkanes) is 1. The Morgan fingerprint density at radius 2 is 1.79 bits per heavy atom. The molecule has 0 bridgehead atoms. The van der Waals surface area contributed by atoms with E-state index in [0.29, 0.717) is 42.8 Å². The van der Waals surface area contributed by atoms with Crippen LogP contribution in [-0.4, -0.2) is 66.8 Å². The Labute approximate surface area is 204 Å². The molecular formula is C21H25IN4O7. The van der Waals surface area contributed by atoms with Crippen molar-refractivity contribution in [3.05, 3.63) is 29.3 Å². The zero-order chi connectivity index (χ0) is 23.8. The molecule has 0 aliphatic carbocycles. The van der Waals surface area contributed by atoms with Gasteiger partial charge in [-0.05, 0) is 31.4 Å². The molecule has 2 aliphatic rings. The minimum atomic E-state index is -0.711. The summed E-state index contributed by atoms with van der Waals surface area (Å²) >= 11 is 1.65. The Kier molecular flexibility index (Phi) is 9.00. The normalized spacial score (nSPS) is 17.4. The summed E-state index contributed by atoms with van der Waals surface area (Å²) in [4.78, 5) is 61.2. The first-order chi connectivity index (χ1) is 15.9. The van der Waals surface area contributed by atoms with Crippen LogP contribution in [0.25, 0.3) is 0 Å². The maximum absolute atomic E-state index is 12.8. The molecule has 1 aromatic rings. The molecule has 3 rings (SSSR count). The van der Waals surface area contributed by atoms with Gasteiger partial charge in [-0.1, -0.05) is 6.07 Å². The van der Waals surface area contributed by atoms with E-state index < -0.39 is 11.9 Å². The third-order valence-electron chi connectivity index (χ3n) is 5.33. The quantitative estimate of drug-likeness (QED) is 0.196. The van der Waals surface area contributed by atoms with Crippen molar-refractivity contribution < 1.29 is 31.8 Å². The molecule has 1 saturated heterocycles. The first-order valence-corrected chi connectivity index (χ1v) is 11.4. The second kappa shape index (κ2) is 11.9. The Morgan fingerprint density at radius 3 is 2.45 bits per heavy atom. The Morgan fingerprint density at radius 1 is 1.09 bits per heavy atom. The second-order valence-corrected chi connectivity index (χ2v) is 8.25. The van der Waals surface area contributed by atoms with Gasteiger partial charge in [-0.15, -0.1) is 0 Å². The number of benzene rings is 1. The van der Waals surface area contributed by atoms with E-state index in [1.807, 2.05) is 0 Å². The van der Waals surface area contributed by atoms with E-state index in [9.17, 15) is 24.0 Å². The molecule has 0 spiro atoms. The van der Waals surface area contributed by atoms with Crippen molar-refractivity contribution in [1.29, 1.82) is 0 Å². The maximum atomic E-state index is 12.8. The zero-order valence-electron chi connectivity index (χ0n) is 17.9. The van der Waals surface area contributed by atoms with Crippen molar-refractivity contribution in [2.75, 3.05) is 26.3 Å². The van der Waals surface area contributed by atoms with Gasteiger partial charge in [0.1, 0.15) is 41.4 Å². The Balaban J connectivity index is 1.45. The van der Waals surface area contributed by atoms with Gasteiger partial charge < -0.3 is 23.3 Å². The van der Waals surface area contributed by atoms with Crippen LogP contribution in [0.3, 0.4) is 0 Å². The lowest BCUT2D eigenvalue weighted by molar-refractivity contribution is -0.137. The van der Waals surface area contributed by atoms with Crippen LogP contribution >= 0.6 is 23.0 Å². The summed E-state index contributed by atoms with van der Waals surface area (Å²) in [5.41, 5.74) is 1.04. The predicted molar refractivity (Wildman–Crippen MR) is 123 cm³/mol. The topological polar surface area (TPSA) is 143 Å². The fourth-order valence-corrected chi connectivity index (χ4v) is 3.98. The van der Waals surface area contributed by atoms with Crippen LogP contribution in [0.2, 0.25) is 0 Å². The molecule has 1 fully saturated rings. The number of piperidine rings is 1. The van der Waals surface area contributed by atoms with E-state index in [1.54, 1.807) is 41.2 Å². The molecule has 3 N–H and O–H groups in total. The summed E-state index contributed by atoms with van der Waals surface area (Å²) in [6, 6.07) is 4.28. The van der Waals surface area contributed by atoms with Gasteiger partial charge in [-0.25, -0.2) is 0 Å². The number of imide groups is 1. The highest BCUT2D eigenvalue weighted by molar-refractivity contribution is 14.1. The third kappa shape index (κ3) is 6.63. The average Bonchev–Trinajstić information content (AvgIpc) is 3.12. The van der Waals surface area contributed by atoms with Crippen LogP contribution in [0.4, 0.5) is 0 Å². The number of amides is 5. The molecule has 1 unspecified atom stereocenters. The summed E-state index contributed by atoms with van der Waals surface area (Å²) < 4.78 is 10.3. The van der Waals surface area contributed by atoms with Gasteiger partial charge in [0, 0.05) is 30.6 Å². The monoisotopic (exact) mass is 572 g/mol. The fourth-order valence-electron chi connectivity index (χ4n) is 3.69. The fraction of sp³-hybridized carbons (Fsp3) is 0.476. The summed E-state index contributed by atoms with van der Waals surface area (Å²) in [5, 5.41) is 7.72. The molecule has 2 heterocycles. The smallest absolute Gasteiger partial charge is 0.257 e. The Bertz CT molecular complexity index is 939. The maximum Gasteiger partial charge on any atom is 0.257 e. The first kappa shape index (κ1) is 24.9. The molecule has 33 heavy (non-hydrogen) atoms. The summed E-state index contributed by atoms with van der Waals surface area (Å²) in [5.74, 6) is -1.20. The van der Waals surface area contributed by atoms with Crippen molar-refractivity contribution in [3.8, 4) is 5.75 Å². The van der Waals surface area contributed by atoms with Crippen molar-refractivity contribution in [2.45, 2.75) is 38.3 Å². The minimum absolute atomic E-state index is 0.00864. The standard InChI is InChI=1S/C21H25IN4O7/c22-33-12-19(29)24-9-2-1-8-23-18(28)11-32-16-5-3-4-13-14(16)10-26(21(13)31)15-6-7-17(27)25-20(15)30/h3-5,15H,1-2,6-12H2,(H,23,28)(H,24,29)(H,25,27,30). The number of hydrogen-bond donors (Lipinski definition) is 3. The van der Waals surface area contributed by atoms with E-state index in [4.69, 9.17) is 7.80 Å². The number of carbonyl (C=O) groups is 5. The highest BCUT2D eigenvalue weighted by Gasteiger charge is 2.40. The van der Waals surface area contributed by atoms with E-state index in [0.717, 1.165) is 0 Å². The molecule has 1 atom stereocenters. The number of halogens is 1. The lowest BCUT2D eigenvalue weighted by atomic mass is 10.0. The zero-order valence-corrected chi connectivity index (χ0v) is 20.0. The first-order valence-electron chi connectivity index (χ1n) is 10.6. The van der Waals surface area contributed by atoms with Crippen molar-refractivity contribution in [2.24, 2.45) is 0 Å². The van der Waals surface area contributed by atoms with Crippen molar-refractivity contribution in [1.82, 2.24) is 20.9 Å². The van der Waals surface area contributed by atoms with Gasteiger partial charge >= 0.3 is 0 Å². The molecule has 0 saturated carbocycles. The van der Waals surface area contributed by atoms with Crippen LogP contribution in [0.15, 0.2) is 18.2 Å². The Hall–Kier alpha value is -2.74. The third-order valence-corrected chi connectivity index (χ3v) is 5.64. The number of fused-ring (bicyclic) bond motifs is 1. The predicted octanol–water partition coefficient (Wildman–Crippen LogP) is 0.206. The molecule has 0 radical (unpaired) electrons. The van der Waals surface area contributed by atoms with Gasteiger partial charge in [-0.3, -0.25) is 29.3 Å². The number of carbonyl (C=O) groups excluding carboxylic acids is 5. The van der Waals surface area contributed by atoms with Crippen molar-refractivity contribution in [3.63, 3.8) is 0 Å². The van der Waals surface area contributed by atoms with Gasteiger partial charge in [-0.2, -0.15) is 0 Å². The number of nitrogens with one attached hydrogen (secondary N) is 3. The molecule has 0 aromatic heterocycles. The van der Waals surface area contributed by atoms with Gasteiger partial charge in [0.25, 0.3) is 11.8 Å². The molecular weight excluding hydrogens is 547 g/mol. The lowest BCUT2D eigenvalue weighted by Crippen LogP contribution is -2.52. The number of nitrogens with zero attached hydrogens (tertiary/aromatic N) is 1. The molecule has 12 heteroatoms. The summed E-state index contributed by atoms with van der Waals surface area (Å²) in [6.45, 7) is 0.905. The van der Waals surface area contributed by atoms with E-state index in [1.165, 1.54) is 4.90 Å². The molecule has 11 nitrogen and oxygen atoms in total. The van der Waals surface area contributed by atoms with Gasteiger partial charge in [0.2, 0.25) is 17.7 Å². The summed E-state index contributed by atoms with van der Waals surface area (Å²) in [7, 11) is 0. The number of rotatable bonds is 11. The summed E-state index contributed by atoms with van der Waals surface area (Å²) in [6.07, 6.45) is 1.85. The van der Waals surface area contributed by atoms with Crippen LogP contribution in [0.1, 0.15) is 41.6 Å². The number of ether oxygens (including phenoxy) is 1. The molecule has 2 aliphatic heterocycles. The highest BCUT2D eigenvalue weighted by atomic mass is 127. The van der Waals surface area contributed by atoms with Gasteiger partial charge in [0.15, 0.2) is 6.61 Å². The largest absolute Gasteiger partial charge is 0.483 e. The highest BCUT2D eigenvalue weighted by Crippen LogP contribution is 2.33. The van der Waals surface area contributed by atoms with Crippen LogP contribution in [0.5, 0.6) is 5.75 Å². The van der Waals surface area contributed by atoms with E-state index in [2.05, 4.69) is 16.0 Å².